The normalized spacial score (nSPS) is 15.2. The van der Waals surface area contributed by atoms with E-state index in [0.29, 0.717) is 12.1 Å². The second-order valence-electron chi connectivity index (χ2n) is 9.29. The molecule has 4 rings (SSSR count). The van der Waals surface area contributed by atoms with Gasteiger partial charge in [-0.25, -0.2) is 8.78 Å². The minimum Gasteiger partial charge on any atom is -0.491 e. The van der Waals surface area contributed by atoms with Gasteiger partial charge in [0.05, 0.1) is 28.5 Å². The third-order valence-electron chi connectivity index (χ3n) is 5.56. The number of rotatable bonds is 6. The Bertz CT molecular complexity index is 1440. The molecule has 0 aliphatic carbocycles. The molecule has 3 N–H and O–H groups in total. The van der Waals surface area contributed by atoms with Crippen molar-refractivity contribution >= 4 is 29.1 Å². The summed E-state index contributed by atoms with van der Waals surface area (Å²) in [5.41, 5.74) is -3.04. The molecular weight excluding hydrogens is 535 g/mol. The van der Waals surface area contributed by atoms with Gasteiger partial charge in [0.2, 0.25) is 0 Å². The molecule has 3 aromatic rings. The molecule has 0 saturated carbocycles. The van der Waals surface area contributed by atoms with Crippen molar-refractivity contribution in [3.63, 3.8) is 0 Å². The quantitative estimate of drug-likeness (QED) is 0.333. The van der Waals surface area contributed by atoms with Gasteiger partial charge in [0, 0.05) is 27.8 Å². The van der Waals surface area contributed by atoms with Crippen LogP contribution >= 0.6 is 11.6 Å². The Hall–Kier alpha value is -3.70. The molecule has 2 amide bonds. The van der Waals surface area contributed by atoms with Crippen LogP contribution in [0.4, 0.5) is 27.6 Å². The van der Waals surface area contributed by atoms with Gasteiger partial charge in [0.15, 0.2) is 0 Å². The number of ether oxygens (including phenoxy) is 1. The number of nitrogens with one attached hydrogen (secondary N) is 2. The summed E-state index contributed by atoms with van der Waals surface area (Å²) in [6.07, 6.45) is -4.90. The second kappa shape index (κ2) is 9.88. The van der Waals surface area contributed by atoms with Crippen molar-refractivity contribution in [1.82, 2.24) is 5.32 Å². The molecule has 200 valence electrons. The maximum Gasteiger partial charge on any atom is 0.416 e. The van der Waals surface area contributed by atoms with Crippen molar-refractivity contribution in [3.8, 4) is 5.75 Å². The molecule has 1 aliphatic heterocycles. The fourth-order valence-corrected chi connectivity index (χ4v) is 4.13. The van der Waals surface area contributed by atoms with E-state index in [2.05, 4.69) is 10.6 Å². The molecule has 0 bridgehead atoms. The molecule has 0 radical (unpaired) electrons. The smallest absolute Gasteiger partial charge is 0.416 e. The highest BCUT2D eigenvalue weighted by molar-refractivity contribution is 6.31. The Kier molecular flexibility index (Phi) is 7.11. The lowest BCUT2D eigenvalue weighted by Gasteiger charge is -2.21. The predicted molar refractivity (Wildman–Crippen MR) is 128 cm³/mol. The number of hydrogen-bond acceptors (Lipinski definition) is 4. The van der Waals surface area contributed by atoms with E-state index < -0.39 is 52.4 Å². The van der Waals surface area contributed by atoms with Gasteiger partial charge in [-0.05, 0) is 56.3 Å². The van der Waals surface area contributed by atoms with Crippen LogP contribution in [0.1, 0.15) is 57.3 Å². The highest BCUT2D eigenvalue weighted by Crippen LogP contribution is 2.42. The average molecular weight is 555 g/mol. The number of amides is 2. The summed E-state index contributed by atoms with van der Waals surface area (Å²) >= 11 is 6.25. The zero-order valence-corrected chi connectivity index (χ0v) is 20.6. The first-order valence-corrected chi connectivity index (χ1v) is 11.5. The average Bonchev–Trinajstić information content (AvgIpc) is 3.14. The Morgan fingerprint density at radius 2 is 1.79 bits per heavy atom. The van der Waals surface area contributed by atoms with Crippen LogP contribution < -0.4 is 15.4 Å². The van der Waals surface area contributed by atoms with Gasteiger partial charge in [-0.2, -0.15) is 13.2 Å². The van der Waals surface area contributed by atoms with Crippen molar-refractivity contribution in [2.45, 2.75) is 31.7 Å². The standard InChI is InChI=1S/C26H20ClF5N2O4/c1-25(2,37)11-38-16-9-18-21(22(34-24(18)36)17-8-14(28)3-4-19(17)27)20(10-16)33-23(35)12-5-13(26(30,31)32)7-15(29)6-12/h3-10,22,37H,11H2,1-2H3,(H,33,35)(H,34,36)/t22-/m1/s1. The summed E-state index contributed by atoms with van der Waals surface area (Å²) in [4.78, 5) is 25.9. The number of hydrogen-bond donors (Lipinski definition) is 3. The van der Waals surface area contributed by atoms with Crippen LogP contribution in [0.2, 0.25) is 5.02 Å². The highest BCUT2D eigenvalue weighted by Gasteiger charge is 2.36. The number of alkyl halides is 3. The van der Waals surface area contributed by atoms with Crippen LogP contribution in [0, 0.1) is 11.6 Å². The van der Waals surface area contributed by atoms with Crippen LogP contribution in [-0.4, -0.2) is 29.1 Å². The third kappa shape index (κ3) is 5.89. The lowest BCUT2D eigenvalue weighted by atomic mass is 9.95. The number of carbonyl (C=O) groups is 2. The van der Waals surface area contributed by atoms with E-state index in [4.69, 9.17) is 16.3 Å². The summed E-state index contributed by atoms with van der Waals surface area (Å²) in [6, 6.07) is 6.43. The van der Waals surface area contributed by atoms with E-state index in [1.807, 2.05) is 0 Å². The molecule has 0 fully saturated rings. The van der Waals surface area contributed by atoms with Gasteiger partial charge in [-0.15, -0.1) is 0 Å². The summed E-state index contributed by atoms with van der Waals surface area (Å²) < 4.78 is 73.1. The van der Waals surface area contributed by atoms with Crippen molar-refractivity contribution in [2.75, 3.05) is 11.9 Å². The Morgan fingerprint density at radius 3 is 2.45 bits per heavy atom. The van der Waals surface area contributed by atoms with E-state index in [1.54, 1.807) is 0 Å². The molecule has 0 spiro atoms. The summed E-state index contributed by atoms with van der Waals surface area (Å²) in [7, 11) is 0. The topological polar surface area (TPSA) is 87.7 Å². The number of anilines is 1. The minimum atomic E-state index is -4.90. The van der Waals surface area contributed by atoms with Gasteiger partial charge >= 0.3 is 6.18 Å². The zero-order chi connectivity index (χ0) is 28.0. The zero-order valence-electron chi connectivity index (χ0n) is 19.8. The van der Waals surface area contributed by atoms with E-state index in [0.717, 1.165) is 12.1 Å². The minimum absolute atomic E-state index is 0.00842. The number of halogens is 6. The SMILES string of the molecule is CC(C)(O)COc1cc(NC(=O)c2cc(F)cc(C(F)(F)F)c2)c2c(c1)C(=O)N[C@@H]2c1cc(F)ccc1Cl. The molecular formula is C26H20ClF5N2O4. The van der Waals surface area contributed by atoms with E-state index in [-0.39, 0.29) is 45.8 Å². The first-order chi connectivity index (χ1) is 17.6. The van der Waals surface area contributed by atoms with Crippen LogP contribution in [0.5, 0.6) is 5.75 Å². The Labute approximate surface area is 218 Å². The lowest BCUT2D eigenvalue weighted by Crippen LogP contribution is -2.28. The molecule has 3 aromatic carbocycles. The van der Waals surface area contributed by atoms with Crippen molar-refractivity contribution in [3.05, 3.63) is 93.0 Å². The maximum atomic E-state index is 14.0. The van der Waals surface area contributed by atoms with Crippen molar-refractivity contribution < 1.29 is 41.4 Å². The number of carbonyl (C=O) groups excluding carboxylic acids is 2. The number of fused-ring (bicyclic) bond motifs is 1. The summed E-state index contributed by atoms with van der Waals surface area (Å²) in [6.45, 7) is 2.73. The Morgan fingerprint density at radius 1 is 1.08 bits per heavy atom. The van der Waals surface area contributed by atoms with Crippen LogP contribution in [0.25, 0.3) is 0 Å². The lowest BCUT2D eigenvalue weighted by molar-refractivity contribution is -0.137. The fourth-order valence-electron chi connectivity index (χ4n) is 3.90. The molecule has 0 aromatic heterocycles. The molecule has 6 nitrogen and oxygen atoms in total. The van der Waals surface area contributed by atoms with Gasteiger partial charge < -0.3 is 20.5 Å². The molecule has 1 aliphatic rings. The van der Waals surface area contributed by atoms with Crippen molar-refractivity contribution in [1.29, 1.82) is 0 Å². The summed E-state index contributed by atoms with van der Waals surface area (Å²) in [5, 5.41) is 15.2. The second-order valence-corrected chi connectivity index (χ2v) is 9.69. The Balaban J connectivity index is 1.82. The number of aliphatic hydroxyl groups is 1. The number of benzene rings is 3. The fraction of sp³-hybridized carbons (Fsp3) is 0.231. The van der Waals surface area contributed by atoms with E-state index >= 15 is 0 Å². The van der Waals surface area contributed by atoms with Crippen LogP contribution in [0.3, 0.4) is 0 Å². The van der Waals surface area contributed by atoms with E-state index in [1.165, 1.54) is 32.0 Å². The van der Waals surface area contributed by atoms with Crippen LogP contribution in [-0.2, 0) is 6.18 Å². The predicted octanol–water partition coefficient (Wildman–Crippen LogP) is 5.87. The molecule has 12 heteroatoms. The van der Waals surface area contributed by atoms with Crippen molar-refractivity contribution in [2.24, 2.45) is 0 Å². The molecule has 0 unspecified atom stereocenters. The first-order valence-electron chi connectivity index (χ1n) is 11.1. The summed E-state index contributed by atoms with van der Waals surface area (Å²) in [5.74, 6) is -3.63. The van der Waals surface area contributed by atoms with Gasteiger partial charge in [0.25, 0.3) is 11.8 Å². The molecule has 38 heavy (non-hydrogen) atoms. The van der Waals surface area contributed by atoms with Gasteiger partial charge in [0.1, 0.15) is 24.0 Å². The maximum absolute atomic E-state index is 14.0. The van der Waals surface area contributed by atoms with Crippen LogP contribution in [0.15, 0.2) is 48.5 Å². The van der Waals surface area contributed by atoms with Gasteiger partial charge in [-0.1, -0.05) is 11.6 Å². The third-order valence-corrected chi connectivity index (χ3v) is 5.90. The first kappa shape index (κ1) is 27.3. The van der Waals surface area contributed by atoms with E-state index in [9.17, 15) is 36.6 Å². The largest absolute Gasteiger partial charge is 0.491 e. The molecule has 1 heterocycles. The van der Waals surface area contributed by atoms with Gasteiger partial charge in [-0.3, -0.25) is 9.59 Å². The molecule has 0 saturated heterocycles. The monoisotopic (exact) mass is 554 g/mol. The molecule has 1 atom stereocenters. The highest BCUT2D eigenvalue weighted by atomic mass is 35.5.